The third-order valence-corrected chi connectivity index (χ3v) is 3.39. The zero-order chi connectivity index (χ0) is 20.4. The number of hydrogen-bond donors (Lipinski definition) is 1. The van der Waals surface area contributed by atoms with Crippen molar-refractivity contribution in [2.45, 2.75) is 52.7 Å². The van der Waals surface area contributed by atoms with Crippen molar-refractivity contribution in [3.8, 4) is 0 Å². The van der Waals surface area contributed by atoms with Gasteiger partial charge in [-0.25, -0.2) is 9.59 Å². The number of benzene rings is 1. The molecule has 1 amide bonds. The number of carbonyl (C=O) groups is 3. The lowest BCUT2D eigenvalue weighted by Crippen LogP contribution is -2.35. The van der Waals surface area contributed by atoms with Crippen LogP contribution in [-0.2, 0) is 9.47 Å². The first kappa shape index (κ1) is 20.5. The van der Waals surface area contributed by atoms with E-state index < -0.39 is 23.4 Å². The number of ketones is 1. The number of carbonyl (C=O) groups excluding carboxylic acids is 3. The van der Waals surface area contributed by atoms with Crippen LogP contribution in [0.3, 0.4) is 0 Å². The number of ether oxygens (including phenoxy) is 2. The van der Waals surface area contributed by atoms with Crippen LogP contribution < -0.4 is 5.32 Å². The molecule has 7 nitrogen and oxygen atoms in total. The largest absolute Gasteiger partial charge is 0.444 e. The maximum absolute atomic E-state index is 12.6. The van der Waals surface area contributed by atoms with Crippen molar-refractivity contribution in [3.63, 3.8) is 0 Å². The summed E-state index contributed by atoms with van der Waals surface area (Å²) < 4.78 is 11.8. The van der Waals surface area contributed by atoms with Gasteiger partial charge >= 0.3 is 12.2 Å². The van der Waals surface area contributed by atoms with Gasteiger partial charge in [-0.3, -0.25) is 9.36 Å². The molecule has 0 bridgehead atoms. The number of alkyl carbamates (subject to hydrolysis) is 1. The molecule has 0 aliphatic carbocycles. The Bertz CT molecular complexity index is 869. The molecule has 1 aromatic heterocycles. The molecule has 0 aliphatic heterocycles. The fourth-order valence-corrected chi connectivity index (χ4v) is 2.43. The average Bonchev–Trinajstić information content (AvgIpc) is 2.89. The fourth-order valence-electron chi connectivity index (χ4n) is 2.43. The van der Waals surface area contributed by atoms with Gasteiger partial charge in [0.05, 0.1) is 12.1 Å². The number of aromatic nitrogens is 1. The third-order valence-electron chi connectivity index (χ3n) is 3.39. The number of hydrogen-bond acceptors (Lipinski definition) is 5. The van der Waals surface area contributed by atoms with E-state index in [0.717, 1.165) is 0 Å². The molecule has 0 atom stereocenters. The molecule has 0 spiro atoms. The smallest absolute Gasteiger partial charge is 0.419 e. The lowest BCUT2D eigenvalue weighted by Gasteiger charge is -2.19. The molecular weight excluding hydrogens is 348 g/mol. The summed E-state index contributed by atoms with van der Waals surface area (Å²) in [5.41, 5.74) is -0.426. The summed E-state index contributed by atoms with van der Waals surface area (Å²) in [6, 6.07) is 7.03. The summed E-state index contributed by atoms with van der Waals surface area (Å²) in [5, 5.41) is 3.05. The Balaban J connectivity index is 2.24. The Labute approximate surface area is 158 Å². The predicted octanol–water partition coefficient (Wildman–Crippen LogP) is 4.13. The van der Waals surface area contributed by atoms with Gasteiger partial charge in [-0.15, -0.1) is 0 Å². The van der Waals surface area contributed by atoms with E-state index in [1.807, 2.05) is 0 Å². The van der Waals surface area contributed by atoms with E-state index in [1.165, 1.54) is 10.8 Å². The van der Waals surface area contributed by atoms with Crippen LogP contribution in [0.15, 0.2) is 30.5 Å². The molecule has 0 fully saturated rings. The van der Waals surface area contributed by atoms with Crippen LogP contribution in [0.25, 0.3) is 10.9 Å². The first-order valence-electron chi connectivity index (χ1n) is 8.71. The highest BCUT2D eigenvalue weighted by atomic mass is 16.6. The van der Waals surface area contributed by atoms with Crippen molar-refractivity contribution in [2.75, 3.05) is 6.54 Å². The molecule has 0 radical (unpaired) electrons. The van der Waals surface area contributed by atoms with Crippen LogP contribution in [0.4, 0.5) is 9.59 Å². The van der Waals surface area contributed by atoms with E-state index >= 15 is 0 Å². The summed E-state index contributed by atoms with van der Waals surface area (Å²) in [6.07, 6.45) is 0.197. The standard InChI is InChI=1S/C20H26N2O5/c1-19(2,3)26-17(24)21-11-16(23)14-12-22(18(25)27-20(4,5)6)15-10-8-7-9-13(14)15/h7-10,12H,11H2,1-6H3,(H,21,24). The predicted molar refractivity (Wildman–Crippen MR) is 102 cm³/mol. The third kappa shape index (κ3) is 5.57. The van der Waals surface area contributed by atoms with Gasteiger partial charge in [0.25, 0.3) is 0 Å². The molecular formula is C20H26N2O5. The molecule has 0 aliphatic rings. The average molecular weight is 374 g/mol. The Hall–Kier alpha value is -2.83. The zero-order valence-corrected chi connectivity index (χ0v) is 16.6. The molecule has 2 rings (SSSR count). The molecule has 0 unspecified atom stereocenters. The maximum Gasteiger partial charge on any atom is 0.419 e. The van der Waals surface area contributed by atoms with Crippen molar-refractivity contribution in [1.82, 2.24) is 9.88 Å². The molecule has 27 heavy (non-hydrogen) atoms. The monoisotopic (exact) mass is 374 g/mol. The number of Topliss-reactive ketones (excluding diaryl/α,β-unsaturated/α-hetero) is 1. The molecule has 0 saturated carbocycles. The lowest BCUT2D eigenvalue weighted by molar-refractivity contribution is 0.0515. The minimum absolute atomic E-state index is 0.239. The van der Waals surface area contributed by atoms with Crippen LogP contribution in [-0.4, -0.2) is 40.3 Å². The summed E-state index contributed by atoms with van der Waals surface area (Å²) in [4.78, 5) is 36.9. The van der Waals surface area contributed by atoms with Crippen LogP contribution >= 0.6 is 0 Å². The van der Waals surface area contributed by atoms with Gasteiger partial charge in [-0.1, -0.05) is 18.2 Å². The summed E-state index contributed by atoms with van der Waals surface area (Å²) in [6.45, 7) is 10.3. The summed E-state index contributed by atoms with van der Waals surface area (Å²) in [7, 11) is 0. The number of amides is 1. The minimum atomic E-state index is -0.674. The van der Waals surface area contributed by atoms with E-state index in [0.29, 0.717) is 16.5 Å². The van der Waals surface area contributed by atoms with Crippen molar-refractivity contribution in [1.29, 1.82) is 0 Å². The first-order chi connectivity index (χ1) is 12.4. The second kappa shape index (κ2) is 7.42. The Kier molecular flexibility index (Phi) is 5.63. The van der Waals surface area contributed by atoms with Crippen molar-refractivity contribution >= 4 is 28.9 Å². The molecule has 1 aromatic carbocycles. The van der Waals surface area contributed by atoms with Crippen molar-refractivity contribution in [3.05, 3.63) is 36.0 Å². The molecule has 1 heterocycles. The highest BCUT2D eigenvalue weighted by Crippen LogP contribution is 2.23. The Morgan fingerprint density at radius 1 is 0.963 bits per heavy atom. The molecule has 146 valence electrons. The maximum atomic E-state index is 12.6. The summed E-state index contributed by atoms with van der Waals surface area (Å²) >= 11 is 0. The normalized spacial score (nSPS) is 11.9. The zero-order valence-electron chi connectivity index (χ0n) is 16.6. The number of nitrogens with one attached hydrogen (secondary N) is 1. The first-order valence-corrected chi connectivity index (χ1v) is 8.71. The molecule has 7 heteroatoms. The van der Waals surface area contributed by atoms with E-state index in [4.69, 9.17) is 9.47 Å². The minimum Gasteiger partial charge on any atom is -0.444 e. The molecule has 1 N–H and O–H groups in total. The second-order valence-electron chi connectivity index (χ2n) is 8.19. The van der Waals surface area contributed by atoms with Crippen molar-refractivity contribution in [2.24, 2.45) is 0 Å². The van der Waals surface area contributed by atoms with Gasteiger partial charge < -0.3 is 14.8 Å². The fraction of sp³-hybridized carbons (Fsp3) is 0.450. The molecule has 0 saturated heterocycles. The van der Waals surface area contributed by atoms with Crippen LogP contribution in [0, 0.1) is 0 Å². The van der Waals surface area contributed by atoms with E-state index in [9.17, 15) is 14.4 Å². The van der Waals surface area contributed by atoms with E-state index in [-0.39, 0.29) is 12.3 Å². The Morgan fingerprint density at radius 2 is 1.56 bits per heavy atom. The summed E-state index contributed by atoms with van der Waals surface area (Å²) in [5.74, 6) is -0.334. The van der Waals surface area contributed by atoms with Gasteiger partial charge in [-0.2, -0.15) is 0 Å². The van der Waals surface area contributed by atoms with Crippen LogP contribution in [0.1, 0.15) is 51.9 Å². The van der Waals surface area contributed by atoms with Gasteiger partial charge in [0.1, 0.15) is 11.2 Å². The van der Waals surface area contributed by atoms with Gasteiger partial charge in [0.2, 0.25) is 0 Å². The van der Waals surface area contributed by atoms with Crippen molar-refractivity contribution < 1.29 is 23.9 Å². The second-order valence-corrected chi connectivity index (χ2v) is 8.19. The van der Waals surface area contributed by atoms with Crippen LogP contribution in [0.5, 0.6) is 0 Å². The van der Waals surface area contributed by atoms with Gasteiger partial charge in [0, 0.05) is 17.1 Å². The number of nitrogens with zero attached hydrogens (tertiary/aromatic N) is 1. The van der Waals surface area contributed by atoms with Gasteiger partial charge in [0.15, 0.2) is 5.78 Å². The highest BCUT2D eigenvalue weighted by molar-refractivity contribution is 6.11. The van der Waals surface area contributed by atoms with E-state index in [2.05, 4.69) is 5.32 Å². The Morgan fingerprint density at radius 3 is 2.15 bits per heavy atom. The van der Waals surface area contributed by atoms with Gasteiger partial charge in [-0.05, 0) is 47.6 Å². The SMILES string of the molecule is CC(C)(C)OC(=O)NCC(=O)c1cn(C(=O)OC(C)(C)C)c2ccccc12. The highest BCUT2D eigenvalue weighted by Gasteiger charge is 2.23. The molecule has 2 aromatic rings. The van der Waals surface area contributed by atoms with E-state index in [1.54, 1.807) is 65.8 Å². The topological polar surface area (TPSA) is 86.6 Å². The number of para-hydroxylation sites is 1. The lowest BCUT2D eigenvalue weighted by atomic mass is 10.1. The quantitative estimate of drug-likeness (QED) is 0.816. The number of fused-ring (bicyclic) bond motifs is 1. The van der Waals surface area contributed by atoms with Crippen LogP contribution in [0.2, 0.25) is 0 Å². The number of rotatable bonds is 3.